The van der Waals surface area contributed by atoms with Crippen LogP contribution in [-0.4, -0.2) is 31.2 Å². The minimum atomic E-state index is -0.665. The van der Waals surface area contributed by atoms with Gasteiger partial charge in [0.15, 0.2) is 5.16 Å². The van der Waals surface area contributed by atoms with E-state index in [1.54, 1.807) is 37.3 Å². The van der Waals surface area contributed by atoms with Gasteiger partial charge >= 0.3 is 5.69 Å². The van der Waals surface area contributed by atoms with Gasteiger partial charge < -0.3 is 10.3 Å². The average molecular weight is 385 g/mol. The number of nitrogens with one attached hydrogen (secondary N) is 3. The lowest BCUT2D eigenvalue weighted by Crippen LogP contribution is -2.32. The summed E-state index contributed by atoms with van der Waals surface area (Å²) >= 11 is 1.03. The van der Waals surface area contributed by atoms with Gasteiger partial charge in [0.2, 0.25) is 5.91 Å². The highest BCUT2D eigenvalue weighted by Crippen LogP contribution is 2.14. The molecule has 1 amide bonds. The van der Waals surface area contributed by atoms with Crippen molar-refractivity contribution >= 4 is 23.5 Å². The molecule has 0 bridgehead atoms. The fourth-order valence-corrected chi connectivity index (χ4v) is 3.07. The molecule has 0 aliphatic carbocycles. The molecule has 0 saturated carbocycles. The minimum Gasteiger partial charge on any atom is -0.311 e. The Morgan fingerprint density at radius 2 is 1.81 bits per heavy atom. The van der Waals surface area contributed by atoms with Crippen molar-refractivity contribution in [1.82, 2.24) is 19.5 Å². The van der Waals surface area contributed by atoms with E-state index in [0.29, 0.717) is 16.5 Å². The van der Waals surface area contributed by atoms with Crippen LogP contribution in [0.5, 0.6) is 0 Å². The van der Waals surface area contributed by atoms with Crippen molar-refractivity contribution in [2.75, 3.05) is 11.1 Å². The van der Waals surface area contributed by atoms with Gasteiger partial charge in [-0.3, -0.25) is 19.4 Å². The molecule has 10 heteroatoms. The average Bonchev–Trinajstić information content (AvgIpc) is 2.59. The topological polar surface area (TPSA) is 130 Å². The Morgan fingerprint density at radius 1 is 1.11 bits per heavy atom. The third-order valence-electron chi connectivity index (χ3n) is 3.41. The number of carbonyl (C=O) groups is 1. The molecule has 3 aromatic rings. The molecular formula is C17H15N5O4S. The lowest BCUT2D eigenvalue weighted by molar-refractivity contribution is -0.113. The molecule has 3 rings (SSSR count). The van der Waals surface area contributed by atoms with Gasteiger partial charge in [-0.15, -0.1) is 0 Å². The zero-order chi connectivity index (χ0) is 19.4. The summed E-state index contributed by atoms with van der Waals surface area (Å²) in [5.41, 5.74) is -0.570. The van der Waals surface area contributed by atoms with Crippen LogP contribution in [0, 0.1) is 6.92 Å². The van der Waals surface area contributed by atoms with Crippen LogP contribution in [0.4, 0.5) is 5.82 Å². The van der Waals surface area contributed by atoms with E-state index >= 15 is 0 Å². The van der Waals surface area contributed by atoms with Crippen molar-refractivity contribution in [2.45, 2.75) is 12.1 Å². The van der Waals surface area contributed by atoms with Crippen LogP contribution in [-0.2, 0) is 4.79 Å². The monoisotopic (exact) mass is 385 g/mol. The highest BCUT2D eigenvalue weighted by Gasteiger charge is 2.12. The van der Waals surface area contributed by atoms with Crippen molar-refractivity contribution in [3.8, 4) is 5.69 Å². The fraction of sp³-hybridized carbons (Fsp3) is 0.118. The maximum Gasteiger partial charge on any atom is 0.334 e. The third kappa shape index (κ3) is 4.61. The quantitative estimate of drug-likeness (QED) is 0.437. The summed E-state index contributed by atoms with van der Waals surface area (Å²) in [6.07, 6.45) is 0. The highest BCUT2D eigenvalue weighted by molar-refractivity contribution is 7.99. The van der Waals surface area contributed by atoms with Crippen LogP contribution < -0.4 is 22.1 Å². The summed E-state index contributed by atoms with van der Waals surface area (Å²) < 4.78 is 1.19. The van der Waals surface area contributed by atoms with E-state index in [1.807, 2.05) is 0 Å². The van der Waals surface area contributed by atoms with Gasteiger partial charge in [-0.25, -0.2) is 14.3 Å². The first-order valence-electron chi connectivity index (χ1n) is 7.85. The number of nitrogens with zero attached hydrogens (tertiary/aromatic N) is 2. The standard InChI is InChI=1S/C17H15N5O4S/c1-10-7-13(23)20-16(18-10)27-9-15(25)19-12-8-14(24)21-17(26)22(12)11-5-3-2-4-6-11/h2-8H,9H2,1H3,(H,19,25)(H,18,20,23)(H,21,24,26). The van der Waals surface area contributed by atoms with E-state index in [0.717, 1.165) is 17.8 Å². The summed E-state index contributed by atoms with van der Waals surface area (Å²) in [5.74, 6) is -0.479. The number of rotatable bonds is 5. The first kappa shape index (κ1) is 18.4. The van der Waals surface area contributed by atoms with Gasteiger partial charge in [-0.1, -0.05) is 30.0 Å². The Labute approximate surface area is 156 Å². The number of anilines is 1. The molecule has 138 valence electrons. The van der Waals surface area contributed by atoms with Crippen LogP contribution in [0.15, 0.2) is 62.0 Å². The molecule has 1 aromatic carbocycles. The smallest absolute Gasteiger partial charge is 0.311 e. The minimum absolute atomic E-state index is 0.0474. The van der Waals surface area contributed by atoms with Gasteiger partial charge in [0.1, 0.15) is 5.82 Å². The molecule has 2 heterocycles. The number of amides is 1. The first-order chi connectivity index (χ1) is 12.9. The molecular weight excluding hydrogens is 370 g/mol. The molecule has 2 aromatic heterocycles. The Balaban J connectivity index is 1.82. The van der Waals surface area contributed by atoms with Crippen LogP contribution in [0.2, 0.25) is 0 Å². The number of hydrogen-bond donors (Lipinski definition) is 3. The van der Waals surface area contributed by atoms with Gasteiger partial charge in [-0.05, 0) is 19.1 Å². The highest BCUT2D eigenvalue weighted by atomic mass is 32.2. The van der Waals surface area contributed by atoms with Crippen molar-refractivity contribution in [2.24, 2.45) is 0 Å². The molecule has 0 atom stereocenters. The SMILES string of the molecule is Cc1cc(=O)[nH]c(SCC(=O)Nc2cc(=O)[nH]c(=O)n2-c2ccccc2)n1. The molecule has 0 aliphatic rings. The first-order valence-corrected chi connectivity index (χ1v) is 8.83. The number of aryl methyl sites for hydroxylation is 1. The van der Waals surface area contributed by atoms with Crippen LogP contribution in [0.3, 0.4) is 0 Å². The number of thioether (sulfide) groups is 1. The zero-order valence-electron chi connectivity index (χ0n) is 14.2. The van der Waals surface area contributed by atoms with Gasteiger partial charge in [0, 0.05) is 17.8 Å². The third-order valence-corrected chi connectivity index (χ3v) is 4.29. The second-order valence-electron chi connectivity index (χ2n) is 5.52. The van der Waals surface area contributed by atoms with Crippen LogP contribution >= 0.6 is 11.8 Å². The van der Waals surface area contributed by atoms with E-state index in [-0.39, 0.29) is 17.1 Å². The predicted molar refractivity (Wildman–Crippen MR) is 102 cm³/mol. The van der Waals surface area contributed by atoms with E-state index in [4.69, 9.17) is 0 Å². The Morgan fingerprint density at radius 3 is 2.52 bits per heavy atom. The van der Waals surface area contributed by atoms with E-state index in [1.165, 1.54) is 10.6 Å². The molecule has 9 nitrogen and oxygen atoms in total. The van der Waals surface area contributed by atoms with Crippen molar-refractivity contribution in [3.05, 3.63) is 79.4 Å². The number of benzene rings is 1. The predicted octanol–water partition coefficient (Wildman–Crippen LogP) is 0.648. The van der Waals surface area contributed by atoms with E-state index in [2.05, 4.69) is 20.3 Å². The van der Waals surface area contributed by atoms with Crippen molar-refractivity contribution in [1.29, 1.82) is 0 Å². The molecule has 27 heavy (non-hydrogen) atoms. The van der Waals surface area contributed by atoms with Gasteiger partial charge in [-0.2, -0.15) is 0 Å². The lowest BCUT2D eigenvalue weighted by Gasteiger charge is -2.12. The molecule has 0 spiro atoms. The molecule has 0 saturated heterocycles. The molecule has 0 fully saturated rings. The maximum absolute atomic E-state index is 12.3. The van der Waals surface area contributed by atoms with Crippen LogP contribution in [0.1, 0.15) is 5.69 Å². The van der Waals surface area contributed by atoms with Crippen molar-refractivity contribution in [3.63, 3.8) is 0 Å². The number of carbonyl (C=O) groups excluding carboxylic acids is 1. The summed E-state index contributed by atoms with van der Waals surface area (Å²) in [5, 5.41) is 2.86. The van der Waals surface area contributed by atoms with Gasteiger partial charge in [0.05, 0.1) is 11.4 Å². The fourth-order valence-electron chi connectivity index (χ4n) is 2.35. The maximum atomic E-state index is 12.3. The normalized spacial score (nSPS) is 10.6. The summed E-state index contributed by atoms with van der Waals surface area (Å²) in [7, 11) is 0. The number of aromatic nitrogens is 4. The molecule has 0 unspecified atom stereocenters. The van der Waals surface area contributed by atoms with E-state index in [9.17, 15) is 19.2 Å². The van der Waals surface area contributed by atoms with Crippen LogP contribution in [0.25, 0.3) is 5.69 Å². The Bertz CT molecular complexity index is 1150. The molecule has 0 radical (unpaired) electrons. The largest absolute Gasteiger partial charge is 0.334 e. The summed E-state index contributed by atoms with van der Waals surface area (Å²) in [6.45, 7) is 1.67. The zero-order valence-corrected chi connectivity index (χ0v) is 15.0. The number of aromatic amines is 2. The lowest BCUT2D eigenvalue weighted by atomic mass is 10.3. The van der Waals surface area contributed by atoms with Gasteiger partial charge in [0.25, 0.3) is 11.1 Å². The van der Waals surface area contributed by atoms with E-state index < -0.39 is 17.2 Å². The molecule has 0 aliphatic heterocycles. The van der Waals surface area contributed by atoms with Crippen molar-refractivity contribution < 1.29 is 4.79 Å². The Kier molecular flexibility index (Phi) is 5.36. The second kappa shape index (κ2) is 7.87. The summed E-state index contributed by atoms with van der Waals surface area (Å²) in [4.78, 5) is 56.4. The summed E-state index contributed by atoms with van der Waals surface area (Å²) in [6, 6.07) is 11.1. The molecule has 3 N–H and O–H groups in total. The Hall–Kier alpha value is -3.40. The number of H-pyrrole nitrogens is 2. The number of hydrogen-bond acceptors (Lipinski definition) is 6. The second-order valence-corrected chi connectivity index (χ2v) is 6.49. The number of para-hydroxylation sites is 1.